The number of hydrogen-bond acceptors (Lipinski definition) is 2. The third kappa shape index (κ3) is 4.25. The number of para-hydroxylation sites is 2. The van der Waals surface area contributed by atoms with Gasteiger partial charge >= 0.3 is 0 Å². The molecule has 204 valence electrons. The molecule has 0 bridgehead atoms. The van der Waals surface area contributed by atoms with Crippen LogP contribution in [-0.4, -0.2) is 17.5 Å². The average molecular weight is 552 g/mol. The highest BCUT2D eigenvalue weighted by atomic mass is 15.0. The number of aliphatic imine (C=N–C) groups is 1. The normalized spacial score (nSPS) is 12.4. The lowest BCUT2D eigenvalue weighted by atomic mass is 9.92. The predicted octanol–water partition coefficient (Wildman–Crippen LogP) is 9.80. The Balaban J connectivity index is 1.12. The number of fused-ring (bicyclic) bond motifs is 9. The van der Waals surface area contributed by atoms with Crippen LogP contribution < -0.4 is 5.73 Å². The van der Waals surface area contributed by atoms with Crippen molar-refractivity contribution in [2.75, 3.05) is 6.54 Å². The SMILES string of the molecule is N/C(=C\C/N=C/n1c2ccccc2c2ccccc21)c1cccc(-c2ccc3c4ccccc4c4ccccc4c3c2)c1. The molecule has 1 aromatic heterocycles. The first kappa shape index (κ1) is 25.1. The van der Waals surface area contributed by atoms with Crippen molar-refractivity contribution in [3.63, 3.8) is 0 Å². The molecule has 0 radical (unpaired) electrons. The van der Waals surface area contributed by atoms with Crippen LogP contribution in [0.15, 0.2) is 151 Å². The summed E-state index contributed by atoms with van der Waals surface area (Å²) in [6, 6.07) is 49.5. The van der Waals surface area contributed by atoms with Crippen LogP contribution in [0, 0.1) is 0 Å². The molecule has 8 rings (SSSR count). The first-order valence-electron chi connectivity index (χ1n) is 14.6. The van der Waals surface area contributed by atoms with E-state index in [1.165, 1.54) is 48.7 Å². The van der Waals surface area contributed by atoms with Gasteiger partial charge in [-0.2, -0.15) is 0 Å². The van der Waals surface area contributed by atoms with Crippen LogP contribution in [0.5, 0.6) is 0 Å². The monoisotopic (exact) mass is 551 g/mol. The molecule has 43 heavy (non-hydrogen) atoms. The molecule has 0 spiro atoms. The van der Waals surface area contributed by atoms with Gasteiger partial charge in [-0.3, -0.25) is 4.99 Å². The molecule has 2 N–H and O–H groups in total. The molecule has 0 saturated carbocycles. The molecule has 7 aromatic carbocycles. The lowest BCUT2D eigenvalue weighted by Crippen LogP contribution is -1.99. The fourth-order valence-corrected chi connectivity index (χ4v) is 6.44. The van der Waals surface area contributed by atoms with Crippen molar-refractivity contribution in [2.24, 2.45) is 10.7 Å². The summed E-state index contributed by atoms with van der Waals surface area (Å²) in [6.07, 6.45) is 3.90. The Hall–Kier alpha value is -5.67. The van der Waals surface area contributed by atoms with Gasteiger partial charge in [0.05, 0.1) is 23.9 Å². The first-order valence-corrected chi connectivity index (χ1v) is 14.6. The quantitative estimate of drug-likeness (QED) is 0.129. The highest BCUT2D eigenvalue weighted by molar-refractivity contribution is 6.25. The molecule has 0 fully saturated rings. The molecule has 8 aromatic rings. The maximum absolute atomic E-state index is 6.59. The Kier molecular flexibility index (Phi) is 6.01. The molecule has 0 aliphatic carbocycles. The van der Waals surface area contributed by atoms with Gasteiger partial charge in [-0.1, -0.05) is 115 Å². The van der Waals surface area contributed by atoms with Crippen molar-refractivity contribution in [1.29, 1.82) is 0 Å². The summed E-state index contributed by atoms with van der Waals surface area (Å²) < 4.78 is 2.15. The Bertz CT molecular complexity index is 2300. The molecular weight excluding hydrogens is 522 g/mol. The van der Waals surface area contributed by atoms with Crippen molar-refractivity contribution in [1.82, 2.24) is 4.57 Å². The van der Waals surface area contributed by atoms with E-state index in [0.29, 0.717) is 6.54 Å². The summed E-state index contributed by atoms with van der Waals surface area (Å²) >= 11 is 0. The molecule has 0 atom stereocenters. The van der Waals surface area contributed by atoms with E-state index in [1.807, 2.05) is 12.4 Å². The van der Waals surface area contributed by atoms with Crippen LogP contribution >= 0.6 is 0 Å². The molecular formula is C40H29N3. The van der Waals surface area contributed by atoms with Gasteiger partial charge in [0.1, 0.15) is 0 Å². The van der Waals surface area contributed by atoms with Crippen LogP contribution in [0.3, 0.4) is 0 Å². The summed E-state index contributed by atoms with van der Waals surface area (Å²) in [7, 11) is 0. The van der Waals surface area contributed by atoms with Crippen LogP contribution in [0.25, 0.3) is 70.9 Å². The minimum Gasteiger partial charge on any atom is -0.398 e. The van der Waals surface area contributed by atoms with Crippen LogP contribution in [-0.2, 0) is 0 Å². The number of aromatic nitrogens is 1. The third-order valence-corrected chi connectivity index (χ3v) is 8.50. The van der Waals surface area contributed by atoms with E-state index >= 15 is 0 Å². The maximum Gasteiger partial charge on any atom is 0.0944 e. The van der Waals surface area contributed by atoms with Crippen LogP contribution in [0.2, 0.25) is 0 Å². The third-order valence-electron chi connectivity index (χ3n) is 8.50. The van der Waals surface area contributed by atoms with Gasteiger partial charge in [0, 0.05) is 16.5 Å². The lowest BCUT2D eigenvalue weighted by Gasteiger charge is -2.12. The molecule has 3 nitrogen and oxygen atoms in total. The van der Waals surface area contributed by atoms with Gasteiger partial charge in [-0.25, -0.2) is 0 Å². The van der Waals surface area contributed by atoms with Gasteiger partial charge in [0.15, 0.2) is 0 Å². The van der Waals surface area contributed by atoms with Crippen LogP contribution in [0.4, 0.5) is 0 Å². The van der Waals surface area contributed by atoms with E-state index in [-0.39, 0.29) is 0 Å². The largest absolute Gasteiger partial charge is 0.398 e. The summed E-state index contributed by atoms with van der Waals surface area (Å²) in [5, 5.41) is 10.1. The van der Waals surface area contributed by atoms with E-state index in [0.717, 1.165) is 27.9 Å². The smallest absolute Gasteiger partial charge is 0.0944 e. The molecule has 0 saturated heterocycles. The van der Waals surface area contributed by atoms with Crippen molar-refractivity contribution in [2.45, 2.75) is 0 Å². The van der Waals surface area contributed by atoms with Crippen LogP contribution in [0.1, 0.15) is 5.56 Å². The Morgan fingerprint density at radius 2 is 1.02 bits per heavy atom. The van der Waals surface area contributed by atoms with Crippen molar-refractivity contribution < 1.29 is 0 Å². The minimum atomic E-state index is 0.492. The first-order chi connectivity index (χ1) is 21.3. The van der Waals surface area contributed by atoms with Crippen molar-refractivity contribution in [3.05, 3.63) is 151 Å². The average Bonchev–Trinajstić information content (AvgIpc) is 3.40. The van der Waals surface area contributed by atoms with Gasteiger partial charge in [-0.15, -0.1) is 0 Å². The molecule has 1 heterocycles. The second kappa shape index (κ2) is 10.3. The summed E-state index contributed by atoms with van der Waals surface area (Å²) in [6.45, 7) is 0.492. The summed E-state index contributed by atoms with van der Waals surface area (Å²) in [5.41, 5.74) is 12.9. The van der Waals surface area contributed by atoms with E-state index in [1.54, 1.807) is 0 Å². The minimum absolute atomic E-state index is 0.492. The maximum atomic E-state index is 6.59. The fraction of sp³-hybridized carbons (Fsp3) is 0.0250. The Morgan fingerprint density at radius 3 is 1.65 bits per heavy atom. The van der Waals surface area contributed by atoms with Gasteiger partial charge in [-0.05, 0) is 79.3 Å². The topological polar surface area (TPSA) is 43.3 Å². The number of nitrogens with two attached hydrogens (primary N) is 1. The molecule has 0 aliphatic heterocycles. The number of benzene rings is 7. The van der Waals surface area contributed by atoms with Gasteiger partial charge in [0.2, 0.25) is 0 Å². The highest BCUT2D eigenvalue weighted by Crippen LogP contribution is 2.37. The van der Waals surface area contributed by atoms with E-state index < -0.39 is 0 Å². The van der Waals surface area contributed by atoms with E-state index in [2.05, 4.69) is 144 Å². The molecule has 3 heteroatoms. The summed E-state index contributed by atoms with van der Waals surface area (Å²) in [4.78, 5) is 4.73. The Labute approximate surface area is 249 Å². The molecule has 0 aliphatic rings. The summed E-state index contributed by atoms with van der Waals surface area (Å²) in [5.74, 6) is 0. The number of rotatable bonds is 5. The van der Waals surface area contributed by atoms with Crippen molar-refractivity contribution >= 4 is 66.2 Å². The standard InChI is InChI=1S/C40H29N3/c41-38(22-23-42-26-43-39-18-7-5-16-35(39)36-17-6-8-19-40(36)43)29-11-9-10-27(24-29)28-20-21-34-32-14-2-1-12-30(32)31-13-3-4-15-33(31)37(34)25-28/h1-22,24-26H,23,41H2/b38-22-,42-26+. The van der Waals surface area contributed by atoms with E-state index in [4.69, 9.17) is 10.7 Å². The molecule has 0 amide bonds. The van der Waals surface area contributed by atoms with Crippen molar-refractivity contribution in [3.8, 4) is 11.1 Å². The lowest BCUT2D eigenvalue weighted by molar-refractivity contribution is 1.20. The zero-order valence-corrected chi connectivity index (χ0v) is 23.6. The Morgan fingerprint density at radius 1 is 0.512 bits per heavy atom. The number of hydrogen-bond donors (Lipinski definition) is 1. The van der Waals surface area contributed by atoms with Gasteiger partial charge < -0.3 is 10.3 Å². The number of nitrogens with zero attached hydrogens (tertiary/aromatic N) is 2. The zero-order valence-electron chi connectivity index (χ0n) is 23.6. The van der Waals surface area contributed by atoms with E-state index in [9.17, 15) is 0 Å². The second-order valence-electron chi connectivity index (χ2n) is 11.0. The second-order valence-corrected chi connectivity index (χ2v) is 11.0. The fourth-order valence-electron chi connectivity index (χ4n) is 6.44. The zero-order chi connectivity index (χ0) is 28.8. The molecule has 0 unspecified atom stereocenters. The highest BCUT2D eigenvalue weighted by Gasteiger charge is 2.10. The van der Waals surface area contributed by atoms with Gasteiger partial charge in [0.25, 0.3) is 0 Å². The predicted molar refractivity (Wildman–Crippen MR) is 185 cm³/mol.